The molecule has 44 heavy (non-hydrogen) atoms. The Balaban J connectivity index is 1.49. The molecule has 0 spiro atoms. The van der Waals surface area contributed by atoms with Crippen molar-refractivity contribution in [1.29, 1.82) is 0 Å². The summed E-state index contributed by atoms with van der Waals surface area (Å²) in [5, 5.41) is 11.8. The molecule has 0 saturated carbocycles. The molecule has 12 nitrogen and oxygen atoms in total. The summed E-state index contributed by atoms with van der Waals surface area (Å²) >= 11 is 7.90. The van der Waals surface area contributed by atoms with E-state index >= 15 is 0 Å². The quantitative estimate of drug-likeness (QED) is 0.376. The Labute approximate surface area is 264 Å². The van der Waals surface area contributed by atoms with Crippen molar-refractivity contribution in [1.82, 2.24) is 30.8 Å². The number of nitrogens with one attached hydrogen (secondary N) is 3. The molecule has 14 heteroatoms. The molecule has 2 aliphatic rings. The first-order valence-electron chi connectivity index (χ1n) is 14.5. The number of oxazole rings is 1. The maximum absolute atomic E-state index is 13.5. The van der Waals surface area contributed by atoms with Crippen molar-refractivity contribution in [3.8, 4) is 11.5 Å². The number of rotatable bonds is 4. The Morgan fingerprint density at radius 2 is 1.70 bits per heavy atom. The summed E-state index contributed by atoms with van der Waals surface area (Å²) in [7, 11) is 0. The van der Waals surface area contributed by atoms with Crippen molar-refractivity contribution < 1.29 is 28.3 Å². The minimum absolute atomic E-state index is 0.00120. The summed E-state index contributed by atoms with van der Waals surface area (Å²) in [6.45, 7) is 12.1. The SMILES string of the molecule is Cc1oc2nc1C(=O)N[C@H](C)CN(Cc1cc3c(cc1Cl)OCO3)CC(=O)N[C@@H](C(C)C)c1nc(cs1)C(=O)N[C@@H]2C(C)C. The lowest BCUT2D eigenvalue weighted by Crippen LogP contribution is -2.46. The van der Waals surface area contributed by atoms with E-state index in [1.165, 1.54) is 11.3 Å². The molecular weight excluding hydrogens is 608 g/mol. The number of thiazole rings is 1. The van der Waals surface area contributed by atoms with E-state index in [2.05, 4.69) is 25.9 Å². The third-order valence-corrected chi connectivity index (χ3v) is 8.74. The van der Waals surface area contributed by atoms with Crippen LogP contribution in [0.2, 0.25) is 5.02 Å². The maximum atomic E-state index is 13.5. The first-order chi connectivity index (χ1) is 20.9. The van der Waals surface area contributed by atoms with E-state index in [4.69, 9.17) is 25.5 Å². The normalized spacial score (nSPS) is 21.6. The molecule has 5 rings (SSSR count). The van der Waals surface area contributed by atoms with Gasteiger partial charge in [-0.3, -0.25) is 19.3 Å². The fraction of sp³-hybridized carbons (Fsp3) is 0.500. The lowest BCUT2D eigenvalue weighted by atomic mass is 10.0. The van der Waals surface area contributed by atoms with Crippen LogP contribution in [-0.4, -0.2) is 58.5 Å². The molecule has 0 aliphatic carbocycles. The molecule has 0 radical (unpaired) electrons. The average molecular weight is 645 g/mol. The minimum atomic E-state index is -0.591. The van der Waals surface area contributed by atoms with Crippen LogP contribution in [0.1, 0.15) is 89.9 Å². The van der Waals surface area contributed by atoms with Crippen LogP contribution in [0.3, 0.4) is 0 Å². The molecule has 1 aromatic carbocycles. The molecule has 3 amide bonds. The van der Waals surface area contributed by atoms with Gasteiger partial charge in [0.05, 0.1) is 12.6 Å². The summed E-state index contributed by atoms with van der Waals surface area (Å²) < 4.78 is 16.9. The van der Waals surface area contributed by atoms with Crippen LogP contribution >= 0.6 is 22.9 Å². The molecule has 3 atom stereocenters. The highest BCUT2D eigenvalue weighted by atomic mass is 35.5. The summed E-state index contributed by atoms with van der Waals surface area (Å²) in [4.78, 5) is 51.1. The second kappa shape index (κ2) is 13.1. The highest BCUT2D eigenvalue weighted by Crippen LogP contribution is 2.37. The number of hydrogen-bond acceptors (Lipinski definition) is 10. The molecule has 0 saturated heterocycles. The summed E-state index contributed by atoms with van der Waals surface area (Å²) in [6, 6.07) is 2.12. The molecule has 2 aliphatic heterocycles. The fourth-order valence-electron chi connectivity index (χ4n) is 5.19. The zero-order valence-electron chi connectivity index (χ0n) is 25.5. The third-order valence-electron chi connectivity index (χ3n) is 7.46. The van der Waals surface area contributed by atoms with Gasteiger partial charge in [-0.25, -0.2) is 9.97 Å². The Morgan fingerprint density at radius 3 is 2.41 bits per heavy atom. The van der Waals surface area contributed by atoms with Gasteiger partial charge in [-0.15, -0.1) is 11.3 Å². The molecule has 236 valence electrons. The summed E-state index contributed by atoms with van der Waals surface area (Å²) in [6.07, 6.45) is 0. The predicted octanol–water partition coefficient (Wildman–Crippen LogP) is 4.40. The molecule has 3 N–H and O–H groups in total. The van der Waals surface area contributed by atoms with Gasteiger partial charge in [0, 0.05) is 35.6 Å². The number of fused-ring (bicyclic) bond motifs is 5. The van der Waals surface area contributed by atoms with Crippen LogP contribution in [0.25, 0.3) is 0 Å². The maximum Gasteiger partial charge on any atom is 0.273 e. The summed E-state index contributed by atoms with van der Waals surface area (Å²) in [5.41, 5.74) is 1.11. The first kappa shape index (κ1) is 31.7. The molecule has 0 fully saturated rings. The molecule has 4 heterocycles. The van der Waals surface area contributed by atoms with Crippen LogP contribution in [0.4, 0.5) is 0 Å². The molecule has 2 aromatic heterocycles. The van der Waals surface area contributed by atoms with E-state index in [1.54, 1.807) is 18.4 Å². The highest BCUT2D eigenvalue weighted by molar-refractivity contribution is 7.09. The monoisotopic (exact) mass is 644 g/mol. The van der Waals surface area contributed by atoms with Crippen LogP contribution in [-0.2, 0) is 11.3 Å². The fourth-order valence-corrected chi connectivity index (χ4v) is 6.43. The zero-order chi connectivity index (χ0) is 31.7. The number of benzene rings is 1. The van der Waals surface area contributed by atoms with Gasteiger partial charge in [-0.2, -0.15) is 0 Å². The minimum Gasteiger partial charge on any atom is -0.454 e. The van der Waals surface area contributed by atoms with Crippen molar-refractivity contribution in [2.75, 3.05) is 19.9 Å². The van der Waals surface area contributed by atoms with Gasteiger partial charge in [-0.1, -0.05) is 39.3 Å². The smallest absolute Gasteiger partial charge is 0.273 e. The van der Waals surface area contributed by atoms with Crippen molar-refractivity contribution >= 4 is 40.7 Å². The van der Waals surface area contributed by atoms with E-state index < -0.39 is 23.9 Å². The standard InChI is InChI=1S/C30H37ClN6O6S/c1-14(2)24-29-36-26(17(6)43-29)28(40)32-16(5)9-37(10-18-7-21-22(8-19(18)31)42-13-41-21)11-23(38)34-25(15(3)4)30-33-20(12-44-30)27(39)35-24/h7-8,12,14-16,24-25H,9-11,13H2,1-6H3,(H,32,40)(H,34,38)(H,35,39)/t16-,24-,25+/m1/s1. The van der Waals surface area contributed by atoms with E-state index in [0.717, 1.165) is 5.56 Å². The lowest BCUT2D eigenvalue weighted by Gasteiger charge is -2.28. The van der Waals surface area contributed by atoms with Crippen LogP contribution in [0.5, 0.6) is 11.5 Å². The van der Waals surface area contributed by atoms with E-state index in [0.29, 0.717) is 40.4 Å². The van der Waals surface area contributed by atoms with Gasteiger partial charge in [0.2, 0.25) is 18.6 Å². The largest absolute Gasteiger partial charge is 0.454 e. The topological polar surface area (TPSA) is 148 Å². The number of halogens is 1. The van der Waals surface area contributed by atoms with Crippen LogP contribution in [0.15, 0.2) is 21.9 Å². The molecule has 4 bridgehead atoms. The van der Waals surface area contributed by atoms with Crippen LogP contribution in [0, 0.1) is 18.8 Å². The Kier molecular flexibility index (Phi) is 9.47. The highest BCUT2D eigenvalue weighted by Gasteiger charge is 2.30. The zero-order valence-corrected chi connectivity index (χ0v) is 27.1. The van der Waals surface area contributed by atoms with E-state index in [9.17, 15) is 14.4 Å². The Morgan fingerprint density at radius 1 is 1.00 bits per heavy atom. The van der Waals surface area contributed by atoms with E-state index in [1.807, 2.05) is 45.6 Å². The second-order valence-electron chi connectivity index (χ2n) is 11.9. The number of carbonyl (C=O) groups is 3. The average Bonchev–Trinajstić information content (AvgIpc) is 3.69. The third kappa shape index (κ3) is 7.00. The number of nitrogens with zero attached hydrogens (tertiary/aromatic N) is 3. The van der Waals surface area contributed by atoms with Gasteiger partial charge >= 0.3 is 0 Å². The number of amides is 3. The summed E-state index contributed by atoms with van der Waals surface area (Å²) in [5.74, 6) is 0.574. The predicted molar refractivity (Wildman–Crippen MR) is 164 cm³/mol. The van der Waals surface area contributed by atoms with E-state index in [-0.39, 0.29) is 54.4 Å². The second-order valence-corrected chi connectivity index (χ2v) is 13.2. The molecular formula is C30H37ClN6O6S. The van der Waals surface area contributed by atoms with Crippen molar-refractivity contribution in [3.63, 3.8) is 0 Å². The van der Waals surface area contributed by atoms with Crippen molar-refractivity contribution in [2.24, 2.45) is 11.8 Å². The number of hydrogen-bond donors (Lipinski definition) is 3. The molecule has 3 aromatic rings. The van der Waals surface area contributed by atoms with Crippen LogP contribution < -0.4 is 25.4 Å². The first-order valence-corrected chi connectivity index (χ1v) is 15.8. The van der Waals surface area contributed by atoms with Gasteiger partial charge in [0.1, 0.15) is 22.5 Å². The number of carbonyl (C=O) groups excluding carboxylic acids is 3. The number of ether oxygens (including phenoxy) is 2. The van der Waals surface area contributed by atoms with Gasteiger partial charge in [0.25, 0.3) is 11.8 Å². The Bertz CT molecular complexity index is 1550. The number of aromatic nitrogens is 2. The van der Waals surface area contributed by atoms with Crippen molar-refractivity contribution in [3.05, 3.63) is 56.1 Å². The molecule has 0 unspecified atom stereocenters. The van der Waals surface area contributed by atoms with Crippen molar-refractivity contribution in [2.45, 2.75) is 66.2 Å². The Hall–Kier alpha value is -3.68. The van der Waals surface area contributed by atoms with Gasteiger partial charge in [-0.05, 0) is 37.3 Å². The van der Waals surface area contributed by atoms with Gasteiger partial charge in [0.15, 0.2) is 17.2 Å². The number of aryl methyl sites for hydroxylation is 1. The van der Waals surface area contributed by atoms with Gasteiger partial charge < -0.3 is 29.8 Å². The lowest BCUT2D eigenvalue weighted by molar-refractivity contribution is -0.123.